The number of hydrogen-bond donors (Lipinski definition) is 1. The van der Waals surface area contributed by atoms with Crippen LogP contribution in [-0.2, 0) is 4.79 Å². The summed E-state index contributed by atoms with van der Waals surface area (Å²) in [6, 6.07) is 0. The van der Waals surface area contributed by atoms with Crippen molar-refractivity contribution in [1.29, 1.82) is 0 Å². The average molecular weight is 306 g/mol. The molecule has 22 heavy (non-hydrogen) atoms. The van der Waals surface area contributed by atoms with Gasteiger partial charge in [0, 0.05) is 0 Å². The Morgan fingerprint density at radius 2 is 0.864 bits per heavy atom. The Bertz CT molecular complexity index is 312. The molecule has 0 saturated heterocycles. The maximum Gasteiger partial charge on any atom is 0.310 e. The highest BCUT2D eigenvalue weighted by Gasteiger charge is 2.55. The van der Waals surface area contributed by atoms with Crippen molar-refractivity contribution < 1.29 is 9.90 Å². The van der Waals surface area contributed by atoms with Crippen LogP contribution in [0.1, 0.15) is 96.3 Å². The SMILES string of the molecule is O=C(O)C(C1CCCCC1)(C1CCCCC1)C1CCCCC1. The van der Waals surface area contributed by atoms with Crippen molar-refractivity contribution in [3.8, 4) is 0 Å². The first-order chi connectivity index (χ1) is 10.8. The summed E-state index contributed by atoms with van der Waals surface area (Å²) in [7, 11) is 0. The van der Waals surface area contributed by atoms with Crippen LogP contribution in [0.2, 0.25) is 0 Å². The molecule has 0 unspecified atom stereocenters. The van der Waals surface area contributed by atoms with Crippen LogP contribution in [0.3, 0.4) is 0 Å². The Kier molecular flexibility index (Phi) is 5.46. The Balaban J connectivity index is 1.94. The van der Waals surface area contributed by atoms with Crippen molar-refractivity contribution in [2.75, 3.05) is 0 Å². The molecule has 0 atom stereocenters. The van der Waals surface area contributed by atoms with E-state index in [1.165, 1.54) is 96.3 Å². The third kappa shape index (κ3) is 2.95. The third-order valence-corrected chi connectivity index (χ3v) is 7.21. The number of carbonyl (C=O) groups is 1. The van der Waals surface area contributed by atoms with Gasteiger partial charge in [-0.15, -0.1) is 0 Å². The quantitative estimate of drug-likeness (QED) is 0.713. The van der Waals surface area contributed by atoms with Crippen LogP contribution in [0.5, 0.6) is 0 Å². The zero-order valence-corrected chi connectivity index (χ0v) is 14.2. The molecule has 126 valence electrons. The second-order valence-corrected chi connectivity index (χ2v) is 8.24. The first-order valence-electron chi connectivity index (χ1n) is 9.99. The number of aliphatic carboxylic acids is 1. The van der Waals surface area contributed by atoms with Gasteiger partial charge in [-0.2, -0.15) is 0 Å². The molecule has 2 heteroatoms. The van der Waals surface area contributed by atoms with Crippen LogP contribution in [-0.4, -0.2) is 11.1 Å². The highest BCUT2D eigenvalue weighted by molar-refractivity contribution is 5.76. The van der Waals surface area contributed by atoms with Gasteiger partial charge in [-0.05, 0) is 56.3 Å². The van der Waals surface area contributed by atoms with Gasteiger partial charge >= 0.3 is 5.97 Å². The van der Waals surface area contributed by atoms with Crippen molar-refractivity contribution in [2.45, 2.75) is 96.3 Å². The lowest BCUT2D eigenvalue weighted by molar-refractivity contribution is -0.169. The maximum absolute atomic E-state index is 12.7. The highest BCUT2D eigenvalue weighted by Crippen LogP contribution is 2.56. The molecule has 2 nitrogen and oxygen atoms in total. The summed E-state index contributed by atoms with van der Waals surface area (Å²) in [6.45, 7) is 0. The Morgan fingerprint density at radius 3 is 1.09 bits per heavy atom. The lowest BCUT2D eigenvalue weighted by Crippen LogP contribution is -2.52. The fraction of sp³-hybridized carbons (Fsp3) is 0.950. The zero-order chi connectivity index (χ0) is 15.4. The molecule has 3 aliphatic carbocycles. The third-order valence-electron chi connectivity index (χ3n) is 7.21. The molecule has 0 amide bonds. The number of carboxylic acids is 1. The molecule has 0 aliphatic heterocycles. The molecule has 3 fully saturated rings. The average Bonchev–Trinajstić information content (AvgIpc) is 2.58. The van der Waals surface area contributed by atoms with Crippen LogP contribution in [0.15, 0.2) is 0 Å². The molecule has 3 aliphatic rings. The van der Waals surface area contributed by atoms with E-state index in [2.05, 4.69) is 0 Å². The number of rotatable bonds is 4. The largest absolute Gasteiger partial charge is 0.481 e. The summed E-state index contributed by atoms with van der Waals surface area (Å²) in [5.41, 5.74) is -0.374. The molecule has 0 aromatic heterocycles. The van der Waals surface area contributed by atoms with Crippen molar-refractivity contribution in [3.63, 3.8) is 0 Å². The molecule has 0 aromatic carbocycles. The van der Waals surface area contributed by atoms with Crippen LogP contribution in [0.4, 0.5) is 0 Å². The smallest absolute Gasteiger partial charge is 0.310 e. The molecule has 0 spiro atoms. The van der Waals surface area contributed by atoms with Crippen LogP contribution >= 0.6 is 0 Å². The molecule has 0 heterocycles. The van der Waals surface area contributed by atoms with Gasteiger partial charge in [0.2, 0.25) is 0 Å². The van der Waals surface area contributed by atoms with E-state index in [4.69, 9.17) is 0 Å². The van der Waals surface area contributed by atoms with E-state index >= 15 is 0 Å². The Hall–Kier alpha value is -0.530. The summed E-state index contributed by atoms with van der Waals surface area (Å²) in [5, 5.41) is 10.5. The summed E-state index contributed by atoms with van der Waals surface area (Å²) in [5.74, 6) is 0.970. The summed E-state index contributed by atoms with van der Waals surface area (Å²) >= 11 is 0. The Morgan fingerprint density at radius 1 is 0.591 bits per heavy atom. The van der Waals surface area contributed by atoms with Crippen LogP contribution in [0.25, 0.3) is 0 Å². The van der Waals surface area contributed by atoms with Crippen LogP contribution in [0, 0.1) is 23.2 Å². The van der Waals surface area contributed by atoms with E-state index in [-0.39, 0.29) is 5.41 Å². The highest BCUT2D eigenvalue weighted by atomic mass is 16.4. The maximum atomic E-state index is 12.7. The minimum Gasteiger partial charge on any atom is -0.481 e. The normalized spacial score (nSPS) is 26.9. The van der Waals surface area contributed by atoms with Crippen molar-refractivity contribution >= 4 is 5.97 Å². The van der Waals surface area contributed by atoms with E-state index in [1.807, 2.05) is 0 Å². The van der Waals surface area contributed by atoms with E-state index in [1.54, 1.807) is 0 Å². The molecule has 0 aromatic rings. The molecule has 1 N–H and O–H groups in total. The van der Waals surface area contributed by atoms with Gasteiger partial charge in [0.15, 0.2) is 0 Å². The fourth-order valence-electron chi connectivity index (χ4n) is 6.26. The minimum atomic E-state index is -0.418. The zero-order valence-electron chi connectivity index (χ0n) is 14.2. The van der Waals surface area contributed by atoms with E-state index in [9.17, 15) is 9.90 Å². The standard InChI is InChI=1S/C20H34O2/c21-19(22)20(16-10-4-1-5-11-16,17-12-6-2-7-13-17)18-14-8-3-9-15-18/h16-18H,1-15H2,(H,21,22). The van der Waals surface area contributed by atoms with Gasteiger partial charge in [-0.3, -0.25) is 4.79 Å². The second kappa shape index (κ2) is 7.36. The predicted octanol–water partition coefficient (Wildman–Crippen LogP) is 5.80. The predicted molar refractivity (Wildman–Crippen MR) is 89.8 cm³/mol. The minimum absolute atomic E-state index is 0.374. The summed E-state index contributed by atoms with van der Waals surface area (Å²) < 4.78 is 0. The molecule has 3 saturated carbocycles. The van der Waals surface area contributed by atoms with Crippen molar-refractivity contribution in [3.05, 3.63) is 0 Å². The first kappa shape index (κ1) is 16.3. The van der Waals surface area contributed by atoms with E-state index in [0.29, 0.717) is 17.8 Å². The monoisotopic (exact) mass is 306 g/mol. The number of hydrogen-bond acceptors (Lipinski definition) is 1. The van der Waals surface area contributed by atoms with Crippen molar-refractivity contribution in [1.82, 2.24) is 0 Å². The van der Waals surface area contributed by atoms with Gasteiger partial charge in [-0.25, -0.2) is 0 Å². The lowest BCUT2D eigenvalue weighted by atomic mass is 9.51. The molecular weight excluding hydrogens is 272 g/mol. The molecular formula is C20H34O2. The molecule has 3 rings (SSSR count). The topological polar surface area (TPSA) is 37.3 Å². The Labute approximate surface area is 136 Å². The van der Waals surface area contributed by atoms with Crippen LogP contribution < -0.4 is 0 Å². The van der Waals surface area contributed by atoms with Crippen molar-refractivity contribution in [2.24, 2.45) is 23.2 Å². The lowest BCUT2D eigenvalue weighted by Gasteiger charge is -2.51. The van der Waals surface area contributed by atoms with Gasteiger partial charge in [0.1, 0.15) is 0 Å². The van der Waals surface area contributed by atoms with Gasteiger partial charge in [0.05, 0.1) is 5.41 Å². The molecule has 0 bridgehead atoms. The second-order valence-electron chi connectivity index (χ2n) is 8.24. The fourth-order valence-corrected chi connectivity index (χ4v) is 6.26. The van der Waals surface area contributed by atoms with Gasteiger partial charge in [-0.1, -0.05) is 57.8 Å². The summed E-state index contributed by atoms with van der Waals surface area (Å²) in [6.07, 6.45) is 18.6. The van der Waals surface area contributed by atoms with E-state index < -0.39 is 5.97 Å². The summed E-state index contributed by atoms with van der Waals surface area (Å²) in [4.78, 5) is 12.7. The van der Waals surface area contributed by atoms with Gasteiger partial charge < -0.3 is 5.11 Å². The van der Waals surface area contributed by atoms with Gasteiger partial charge in [0.25, 0.3) is 0 Å². The van der Waals surface area contributed by atoms with E-state index in [0.717, 1.165) is 0 Å². The first-order valence-corrected chi connectivity index (χ1v) is 9.99. The number of carboxylic acid groups (broad SMARTS) is 1. The molecule has 0 radical (unpaired) electrons.